The molecular formula is C11H16BrClOSSi. The lowest BCUT2D eigenvalue weighted by Gasteiger charge is -2.05. The van der Waals surface area contributed by atoms with Crippen LogP contribution in [0.2, 0.25) is 11.1 Å². The summed E-state index contributed by atoms with van der Waals surface area (Å²) in [7, 11) is -0.0497. The van der Waals surface area contributed by atoms with Crippen molar-refractivity contribution in [2.24, 2.45) is 0 Å². The maximum atomic E-state index is 5.94. The Labute approximate surface area is 117 Å². The molecule has 0 fully saturated rings. The lowest BCUT2D eigenvalue weighted by atomic mass is 10.2. The van der Waals surface area contributed by atoms with Crippen LogP contribution in [0.3, 0.4) is 0 Å². The third-order valence-electron chi connectivity index (χ3n) is 2.13. The SMILES string of the molecule is CCC[SiH2]SOCCc1cc(Cl)ccc1Br. The Bertz CT molecular complexity index is 325. The van der Waals surface area contributed by atoms with Gasteiger partial charge in [0.05, 0.1) is 6.61 Å². The van der Waals surface area contributed by atoms with E-state index in [-0.39, 0.29) is 8.67 Å². The average molecular weight is 340 g/mol. The Morgan fingerprint density at radius 2 is 2.31 bits per heavy atom. The molecule has 0 N–H and O–H groups in total. The molecule has 0 heterocycles. The van der Waals surface area contributed by atoms with Crippen LogP contribution in [0.5, 0.6) is 0 Å². The minimum absolute atomic E-state index is 0.0497. The Morgan fingerprint density at radius 1 is 1.50 bits per heavy atom. The third kappa shape index (κ3) is 5.73. The summed E-state index contributed by atoms with van der Waals surface area (Å²) in [4.78, 5) is 0. The molecule has 1 aromatic rings. The van der Waals surface area contributed by atoms with E-state index in [1.807, 2.05) is 18.2 Å². The molecule has 0 aromatic heterocycles. The number of rotatable bonds is 7. The lowest BCUT2D eigenvalue weighted by Crippen LogP contribution is -1.96. The van der Waals surface area contributed by atoms with Gasteiger partial charge < -0.3 is 4.18 Å². The number of hydrogen-bond donors (Lipinski definition) is 0. The first-order chi connectivity index (χ1) is 7.74. The summed E-state index contributed by atoms with van der Waals surface area (Å²) in [5.74, 6) is 0. The molecule has 0 aliphatic heterocycles. The predicted octanol–water partition coefficient (Wildman–Crippen LogP) is 4.22. The molecule has 0 radical (unpaired) electrons. The van der Waals surface area contributed by atoms with Gasteiger partial charge in [-0.2, -0.15) is 0 Å². The highest BCUT2D eigenvalue weighted by molar-refractivity contribution is 9.10. The first kappa shape index (κ1) is 14.6. The molecule has 16 heavy (non-hydrogen) atoms. The largest absolute Gasteiger partial charge is 0.322 e. The van der Waals surface area contributed by atoms with E-state index < -0.39 is 0 Å². The van der Waals surface area contributed by atoms with Crippen molar-refractivity contribution in [2.45, 2.75) is 25.8 Å². The standard InChI is InChI=1S/C11H16BrClOSSi/c1-2-7-16-15-14-6-5-9-8-10(13)3-4-11(9)12/h3-4,8H,2,5-7,16H2,1H3. The van der Waals surface area contributed by atoms with Crippen molar-refractivity contribution < 1.29 is 4.18 Å². The van der Waals surface area contributed by atoms with E-state index in [4.69, 9.17) is 15.8 Å². The molecule has 0 spiro atoms. The topological polar surface area (TPSA) is 9.23 Å². The van der Waals surface area contributed by atoms with Gasteiger partial charge >= 0.3 is 0 Å². The molecule has 0 saturated heterocycles. The second kappa shape index (κ2) is 8.58. The zero-order valence-corrected chi connectivity index (χ0v) is 13.9. The van der Waals surface area contributed by atoms with Crippen molar-refractivity contribution in [3.05, 3.63) is 33.3 Å². The Hall–Kier alpha value is 0.517. The first-order valence-electron chi connectivity index (χ1n) is 5.42. The smallest absolute Gasteiger partial charge is 0.121 e. The second-order valence-corrected chi connectivity index (χ2v) is 8.29. The molecule has 1 aromatic carbocycles. The molecule has 0 atom stereocenters. The zero-order chi connectivity index (χ0) is 11.8. The summed E-state index contributed by atoms with van der Waals surface area (Å²) in [6, 6.07) is 7.21. The normalized spacial score (nSPS) is 11.4. The summed E-state index contributed by atoms with van der Waals surface area (Å²) in [6.07, 6.45) is 2.19. The molecule has 0 bridgehead atoms. The van der Waals surface area contributed by atoms with Crippen LogP contribution in [0.15, 0.2) is 22.7 Å². The fourth-order valence-electron chi connectivity index (χ4n) is 1.21. The minimum Gasteiger partial charge on any atom is -0.322 e. The van der Waals surface area contributed by atoms with E-state index in [0.717, 1.165) is 22.5 Å². The van der Waals surface area contributed by atoms with Crippen molar-refractivity contribution in [3.8, 4) is 0 Å². The van der Waals surface area contributed by atoms with E-state index in [0.29, 0.717) is 0 Å². The maximum absolute atomic E-state index is 5.94. The van der Waals surface area contributed by atoms with Crippen LogP contribution in [0.1, 0.15) is 18.9 Å². The van der Waals surface area contributed by atoms with Gasteiger partial charge in [0.1, 0.15) is 8.67 Å². The lowest BCUT2D eigenvalue weighted by molar-refractivity contribution is 0.384. The molecule has 0 unspecified atom stereocenters. The maximum Gasteiger partial charge on any atom is 0.121 e. The van der Waals surface area contributed by atoms with Gasteiger partial charge in [-0.25, -0.2) is 0 Å². The highest BCUT2D eigenvalue weighted by Gasteiger charge is 2.01. The van der Waals surface area contributed by atoms with Crippen LogP contribution < -0.4 is 0 Å². The van der Waals surface area contributed by atoms with Gasteiger partial charge in [0, 0.05) is 9.50 Å². The van der Waals surface area contributed by atoms with E-state index in [2.05, 4.69) is 22.9 Å². The van der Waals surface area contributed by atoms with Crippen LogP contribution in [-0.2, 0) is 10.6 Å². The van der Waals surface area contributed by atoms with Crippen molar-refractivity contribution in [1.82, 2.24) is 0 Å². The zero-order valence-electron chi connectivity index (χ0n) is 9.34. The van der Waals surface area contributed by atoms with Crippen LogP contribution in [0.4, 0.5) is 0 Å². The van der Waals surface area contributed by atoms with Crippen LogP contribution >= 0.6 is 39.0 Å². The molecule has 90 valence electrons. The molecule has 1 nitrogen and oxygen atoms in total. The first-order valence-corrected chi connectivity index (χ1v) is 10.2. The minimum atomic E-state index is -0.0497. The number of benzene rings is 1. The molecule has 5 heteroatoms. The van der Waals surface area contributed by atoms with Gasteiger partial charge in [-0.1, -0.05) is 46.9 Å². The van der Waals surface area contributed by atoms with Crippen molar-refractivity contribution in [2.75, 3.05) is 6.61 Å². The van der Waals surface area contributed by atoms with Crippen molar-refractivity contribution in [3.63, 3.8) is 0 Å². The van der Waals surface area contributed by atoms with E-state index in [1.165, 1.54) is 18.0 Å². The summed E-state index contributed by atoms with van der Waals surface area (Å²) in [6.45, 7) is 2.98. The van der Waals surface area contributed by atoms with Crippen LogP contribution in [0.25, 0.3) is 0 Å². The van der Waals surface area contributed by atoms with E-state index in [9.17, 15) is 0 Å². The average Bonchev–Trinajstić information content (AvgIpc) is 2.28. The van der Waals surface area contributed by atoms with Gasteiger partial charge in [0.25, 0.3) is 0 Å². The highest BCUT2D eigenvalue weighted by atomic mass is 79.9. The second-order valence-electron chi connectivity index (χ2n) is 3.48. The van der Waals surface area contributed by atoms with E-state index in [1.54, 1.807) is 11.5 Å². The summed E-state index contributed by atoms with van der Waals surface area (Å²) in [5.41, 5.74) is 1.21. The molecule has 0 amide bonds. The third-order valence-corrected chi connectivity index (χ3v) is 6.50. The van der Waals surface area contributed by atoms with E-state index >= 15 is 0 Å². The summed E-state index contributed by atoms with van der Waals surface area (Å²) < 4.78 is 6.66. The number of hydrogen-bond acceptors (Lipinski definition) is 2. The Kier molecular flexibility index (Phi) is 7.82. The van der Waals surface area contributed by atoms with Gasteiger partial charge in [0.15, 0.2) is 0 Å². The molecule has 0 saturated carbocycles. The van der Waals surface area contributed by atoms with Crippen molar-refractivity contribution >= 4 is 47.7 Å². The van der Waals surface area contributed by atoms with Crippen LogP contribution in [-0.4, -0.2) is 15.3 Å². The van der Waals surface area contributed by atoms with Gasteiger partial charge in [-0.05, 0) is 41.7 Å². The molecule has 0 aliphatic rings. The fourth-order valence-corrected chi connectivity index (χ4v) is 4.50. The fraction of sp³-hybridized carbons (Fsp3) is 0.455. The monoisotopic (exact) mass is 338 g/mol. The Balaban J connectivity index is 2.23. The molecule has 1 rings (SSSR count). The summed E-state index contributed by atoms with van der Waals surface area (Å²) >= 11 is 11.1. The Morgan fingerprint density at radius 3 is 3.06 bits per heavy atom. The molecular weight excluding hydrogens is 324 g/mol. The number of halogens is 2. The highest BCUT2D eigenvalue weighted by Crippen LogP contribution is 2.22. The van der Waals surface area contributed by atoms with Gasteiger partial charge in [-0.3, -0.25) is 0 Å². The predicted molar refractivity (Wildman–Crippen MR) is 80.0 cm³/mol. The van der Waals surface area contributed by atoms with Gasteiger partial charge in [-0.15, -0.1) is 0 Å². The summed E-state index contributed by atoms with van der Waals surface area (Å²) in [5, 5.41) is 0.784. The van der Waals surface area contributed by atoms with Crippen molar-refractivity contribution in [1.29, 1.82) is 0 Å². The molecule has 0 aliphatic carbocycles. The van der Waals surface area contributed by atoms with Gasteiger partial charge in [0.2, 0.25) is 0 Å². The quantitative estimate of drug-likeness (QED) is 0.418. The van der Waals surface area contributed by atoms with Crippen LogP contribution in [0, 0.1) is 0 Å².